The number of nitrogens with zero attached hydrogens (tertiary/aromatic N) is 4. The van der Waals surface area contributed by atoms with Crippen molar-refractivity contribution >= 4 is 6.09 Å². The van der Waals surface area contributed by atoms with E-state index in [1.807, 2.05) is 75.4 Å². The van der Waals surface area contributed by atoms with Gasteiger partial charge in [0.15, 0.2) is 0 Å². The van der Waals surface area contributed by atoms with E-state index >= 15 is 0 Å². The Morgan fingerprint density at radius 1 is 0.700 bits per heavy atom. The van der Waals surface area contributed by atoms with Crippen LogP contribution in [-0.2, 0) is 43.6 Å². The third-order valence-electron chi connectivity index (χ3n) is 7.96. The molecule has 0 bridgehead atoms. The molecule has 50 heavy (non-hydrogen) atoms. The van der Waals surface area contributed by atoms with E-state index in [-0.39, 0.29) is 6.61 Å². The third kappa shape index (κ3) is 13.2. The number of aliphatic hydroxyl groups is 1. The molecule has 1 N–H and O–H groups in total. The van der Waals surface area contributed by atoms with Gasteiger partial charge >= 0.3 is 12.3 Å². The maximum atomic E-state index is 13.5. The molecule has 1 amide bonds. The Bertz CT molecular complexity index is 1640. The number of aliphatic hydroxyl groups excluding tert-OH is 1. The quantitative estimate of drug-likeness (QED) is 0.128. The normalized spacial score (nSPS) is 12.0. The lowest BCUT2D eigenvalue weighted by Gasteiger charge is -2.30. The van der Waals surface area contributed by atoms with Crippen LogP contribution in [0.5, 0.6) is 0 Å². The molecule has 1 aromatic heterocycles. The summed E-state index contributed by atoms with van der Waals surface area (Å²) in [5.74, 6) is 0. The molecule has 268 valence electrons. The van der Waals surface area contributed by atoms with Crippen LogP contribution in [0.4, 0.5) is 18.0 Å². The van der Waals surface area contributed by atoms with Crippen LogP contribution in [0, 0.1) is 6.92 Å². The van der Waals surface area contributed by atoms with Crippen LogP contribution >= 0.6 is 0 Å². The molecule has 4 aromatic rings. The molecular formula is C40H49F3N4O3. The molecule has 3 aromatic carbocycles. The summed E-state index contributed by atoms with van der Waals surface area (Å²) in [7, 11) is 0. The van der Waals surface area contributed by atoms with E-state index in [1.54, 1.807) is 11.0 Å². The lowest BCUT2D eigenvalue weighted by Crippen LogP contribution is -2.42. The summed E-state index contributed by atoms with van der Waals surface area (Å²) in [5.41, 5.74) is 4.26. The summed E-state index contributed by atoms with van der Waals surface area (Å²) in [6, 6.07) is 29.5. The van der Waals surface area contributed by atoms with Gasteiger partial charge in [-0.1, -0.05) is 84.4 Å². The molecule has 0 aliphatic rings. The molecule has 0 spiro atoms. The molecular weight excluding hydrogens is 641 g/mol. The van der Waals surface area contributed by atoms with E-state index in [1.165, 1.54) is 12.1 Å². The fourth-order valence-corrected chi connectivity index (χ4v) is 5.70. The zero-order valence-corrected chi connectivity index (χ0v) is 29.5. The number of pyridine rings is 1. The second-order valence-electron chi connectivity index (χ2n) is 13.7. The highest BCUT2D eigenvalue weighted by Gasteiger charge is 2.30. The van der Waals surface area contributed by atoms with Crippen molar-refractivity contribution in [3.05, 3.63) is 136 Å². The van der Waals surface area contributed by atoms with Crippen molar-refractivity contribution in [1.29, 1.82) is 0 Å². The first-order valence-corrected chi connectivity index (χ1v) is 17.0. The largest absolute Gasteiger partial charge is 0.444 e. The number of carbonyl (C=O) groups excluding carboxylic acids is 1. The van der Waals surface area contributed by atoms with Crippen molar-refractivity contribution in [1.82, 2.24) is 19.7 Å². The predicted molar refractivity (Wildman–Crippen MR) is 190 cm³/mol. The standard InChI is InChI=1S/C40H49F3N4O3/c1-31-12-8-15-33(24-31)27-45(21-22-47(20-11-23-48)38(49)50-39(2,3)4)29-36-18-10-19-37(44-36)30-46(26-32-13-6-5-7-14-32)28-34-16-9-17-35(25-34)40(41,42)43/h5-10,12-19,24-25,48H,11,20-23,26-30H2,1-4H3. The first kappa shape index (κ1) is 38.6. The molecule has 0 saturated heterocycles. The number of hydrogen-bond acceptors (Lipinski definition) is 6. The monoisotopic (exact) mass is 690 g/mol. The Balaban J connectivity index is 1.55. The minimum Gasteiger partial charge on any atom is -0.444 e. The molecule has 0 aliphatic carbocycles. The fourth-order valence-electron chi connectivity index (χ4n) is 5.70. The molecule has 4 rings (SSSR count). The highest BCUT2D eigenvalue weighted by Crippen LogP contribution is 2.30. The summed E-state index contributed by atoms with van der Waals surface area (Å²) in [6.07, 6.45) is -4.38. The van der Waals surface area contributed by atoms with Gasteiger partial charge in [-0.05, 0) is 69.0 Å². The van der Waals surface area contributed by atoms with Crippen molar-refractivity contribution in [3.8, 4) is 0 Å². The zero-order chi connectivity index (χ0) is 36.1. The minimum absolute atomic E-state index is 0.0297. The highest BCUT2D eigenvalue weighted by molar-refractivity contribution is 5.68. The lowest BCUT2D eigenvalue weighted by molar-refractivity contribution is -0.137. The zero-order valence-electron chi connectivity index (χ0n) is 29.5. The van der Waals surface area contributed by atoms with E-state index in [2.05, 4.69) is 34.9 Å². The molecule has 1 heterocycles. The van der Waals surface area contributed by atoms with Gasteiger partial charge in [0.2, 0.25) is 0 Å². The Hall–Kier alpha value is -4.25. The molecule has 0 aliphatic heterocycles. The molecule has 10 heteroatoms. The Morgan fingerprint density at radius 2 is 1.28 bits per heavy atom. The van der Waals surface area contributed by atoms with Crippen LogP contribution in [0.3, 0.4) is 0 Å². The third-order valence-corrected chi connectivity index (χ3v) is 7.96. The maximum Gasteiger partial charge on any atom is 0.416 e. The van der Waals surface area contributed by atoms with Gasteiger partial charge in [0.1, 0.15) is 5.60 Å². The van der Waals surface area contributed by atoms with E-state index < -0.39 is 23.4 Å². The van der Waals surface area contributed by atoms with Gasteiger partial charge in [-0.15, -0.1) is 0 Å². The number of benzene rings is 3. The SMILES string of the molecule is Cc1cccc(CN(CCN(CCCO)C(=O)OC(C)(C)C)Cc2cccc(CN(Cc3ccccc3)Cc3cccc(C(F)(F)F)c3)n2)c1. The number of rotatable bonds is 16. The number of aryl methyl sites for hydroxylation is 1. The lowest BCUT2D eigenvalue weighted by atomic mass is 10.1. The van der Waals surface area contributed by atoms with Gasteiger partial charge in [0, 0.05) is 59.0 Å². The first-order chi connectivity index (χ1) is 23.8. The van der Waals surface area contributed by atoms with Gasteiger partial charge in [0.05, 0.1) is 17.0 Å². The van der Waals surface area contributed by atoms with Crippen LogP contribution in [0.1, 0.15) is 66.4 Å². The summed E-state index contributed by atoms with van der Waals surface area (Å²) in [4.78, 5) is 24.0. The van der Waals surface area contributed by atoms with Gasteiger partial charge < -0.3 is 14.7 Å². The minimum atomic E-state index is -4.41. The number of aromatic nitrogens is 1. The number of alkyl halides is 3. The number of hydrogen-bond donors (Lipinski definition) is 1. The molecule has 0 saturated carbocycles. The Morgan fingerprint density at radius 3 is 1.92 bits per heavy atom. The summed E-state index contributed by atoms with van der Waals surface area (Å²) >= 11 is 0. The van der Waals surface area contributed by atoms with E-state index in [4.69, 9.17) is 9.72 Å². The van der Waals surface area contributed by atoms with Crippen LogP contribution in [-0.4, -0.2) is 62.7 Å². The smallest absolute Gasteiger partial charge is 0.416 e. The van der Waals surface area contributed by atoms with Crippen LogP contribution < -0.4 is 0 Å². The van der Waals surface area contributed by atoms with Crippen LogP contribution in [0.15, 0.2) is 97.1 Å². The van der Waals surface area contributed by atoms with Gasteiger partial charge in [-0.2, -0.15) is 13.2 Å². The molecule has 0 fully saturated rings. The van der Waals surface area contributed by atoms with Crippen LogP contribution in [0.25, 0.3) is 0 Å². The average Bonchev–Trinajstić information content (AvgIpc) is 3.04. The topological polar surface area (TPSA) is 69.1 Å². The van der Waals surface area contributed by atoms with E-state index in [0.717, 1.165) is 34.1 Å². The van der Waals surface area contributed by atoms with Crippen LogP contribution in [0.2, 0.25) is 0 Å². The molecule has 0 radical (unpaired) electrons. The second-order valence-corrected chi connectivity index (χ2v) is 13.7. The molecule has 0 atom stereocenters. The molecule has 0 unspecified atom stereocenters. The summed E-state index contributed by atoms with van der Waals surface area (Å²) in [5, 5.41) is 9.47. The van der Waals surface area contributed by atoms with Crippen molar-refractivity contribution in [2.45, 2.75) is 78.6 Å². The number of halogens is 3. The van der Waals surface area contributed by atoms with Gasteiger partial charge in [-0.25, -0.2) is 4.79 Å². The number of ether oxygens (including phenoxy) is 1. The average molecular weight is 691 g/mol. The number of amides is 1. The number of carbonyl (C=O) groups is 1. The van der Waals surface area contributed by atoms with E-state index in [0.29, 0.717) is 64.3 Å². The van der Waals surface area contributed by atoms with Gasteiger partial charge in [0.25, 0.3) is 0 Å². The Kier molecular flexibility index (Phi) is 14.0. The summed E-state index contributed by atoms with van der Waals surface area (Å²) in [6.45, 7) is 11.3. The maximum absolute atomic E-state index is 13.5. The van der Waals surface area contributed by atoms with E-state index in [9.17, 15) is 23.1 Å². The fraction of sp³-hybridized carbons (Fsp3) is 0.400. The Labute approximate surface area is 294 Å². The van der Waals surface area contributed by atoms with Gasteiger partial charge in [-0.3, -0.25) is 14.8 Å². The van der Waals surface area contributed by atoms with Crippen molar-refractivity contribution < 1.29 is 27.8 Å². The second kappa shape index (κ2) is 18.1. The summed E-state index contributed by atoms with van der Waals surface area (Å²) < 4.78 is 46.2. The predicted octanol–water partition coefficient (Wildman–Crippen LogP) is 8.23. The highest BCUT2D eigenvalue weighted by atomic mass is 19.4. The molecule has 7 nitrogen and oxygen atoms in total. The van der Waals surface area contributed by atoms with Crippen molar-refractivity contribution in [2.24, 2.45) is 0 Å². The van der Waals surface area contributed by atoms with Crippen molar-refractivity contribution in [3.63, 3.8) is 0 Å². The van der Waals surface area contributed by atoms with Crippen molar-refractivity contribution in [2.75, 3.05) is 26.2 Å². The first-order valence-electron chi connectivity index (χ1n) is 17.0.